The van der Waals surface area contributed by atoms with Gasteiger partial charge < -0.3 is 24.0 Å². The topological polar surface area (TPSA) is 23.9 Å². The Labute approximate surface area is 524 Å². The van der Waals surface area contributed by atoms with Gasteiger partial charge in [-0.05, 0) is 232 Å². The van der Waals surface area contributed by atoms with Crippen molar-refractivity contribution < 1.29 is 11.6 Å². The molecule has 0 N–H and O–H groups in total. The summed E-state index contributed by atoms with van der Waals surface area (Å²) in [6.07, 6.45) is 0. The zero-order valence-corrected chi connectivity index (χ0v) is 50.7. The van der Waals surface area contributed by atoms with Gasteiger partial charge in [0.15, 0.2) is 0 Å². The number of rotatable bonds is 9. The van der Waals surface area contributed by atoms with Crippen LogP contribution in [0.25, 0.3) is 49.7 Å². The van der Waals surface area contributed by atoms with Crippen molar-refractivity contribution in [2.24, 2.45) is 0 Å². The number of hydrogen-bond acceptors (Lipinski definition) is 4. The van der Waals surface area contributed by atoms with E-state index in [1.54, 1.807) is 0 Å². The Bertz CT molecular complexity index is 5160. The lowest BCUT2D eigenvalue weighted by Crippen LogP contribution is -2.59. The van der Waals surface area contributed by atoms with E-state index in [0.717, 1.165) is 112 Å². The van der Waals surface area contributed by atoms with Crippen molar-refractivity contribution in [2.75, 3.05) is 14.7 Å². The predicted octanol–water partition coefficient (Wildman–Crippen LogP) is 20.3. The first-order chi connectivity index (χ1) is 44.8. The highest BCUT2D eigenvalue weighted by Crippen LogP contribution is 2.53. The molecule has 424 valence electrons. The maximum atomic E-state index is 9.37. The van der Waals surface area contributed by atoms with Gasteiger partial charge in [0.1, 0.15) is 11.5 Å². The van der Waals surface area contributed by atoms with Crippen LogP contribution >= 0.6 is 0 Å². The van der Waals surface area contributed by atoms with Gasteiger partial charge in [-0.15, -0.1) is 0 Å². The highest BCUT2D eigenvalue weighted by Gasteiger charge is 2.45. The van der Waals surface area contributed by atoms with E-state index in [2.05, 4.69) is 264 Å². The van der Waals surface area contributed by atoms with Gasteiger partial charge in [0.2, 0.25) is 0 Å². The van der Waals surface area contributed by atoms with E-state index in [4.69, 9.17) is 8.85 Å². The summed E-state index contributed by atoms with van der Waals surface area (Å²) >= 11 is 0. The number of aromatic nitrogens is 1. The van der Waals surface area contributed by atoms with Gasteiger partial charge in [-0.3, -0.25) is 0 Å². The van der Waals surface area contributed by atoms with Crippen LogP contribution in [0.5, 0.6) is 11.5 Å². The smallest absolute Gasteiger partial charge is 0.256 e. The number of fused-ring (bicyclic) bond motifs is 10. The second-order valence-corrected chi connectivity index (χ2v) is 25.6. The lowest BCUT2D eigenvalue weighted by molar-refractivity contribution is 0.487. The molecule has 16 rings (SSSR count). The Morgan fingerprint density at radius 1 is 0.466 bits per heavy atom. The van der Waals surface area contributed by atoms with Gasteiger partial charge in [-0.1, -0.05) is 162 Å². The third-order valence-electron chi connectivity index (χ3n) is 18.7. The first kappa shape index (κ1) is 47.9. The molecule has 0 saturated heterocycles. The molecule has 1 aliphatic carbocycles. The van der Waals surface area contributed by atoms with Gasteiger partial charge in [0, 0.05) is 73.1 Å². The molecule has 6 heteroatoms. The molecular weight excluding hydrogens is 1070 g/mol. The van der Waals surface area contributed by atoms with Crippen molar-refractivity contribution in [2.45, 2.75) is 66.2 Å². The first-order valence-corrected chi connectivity index (χ1v) is 30.5. The van der Waals surface area contributed by atoms with Crippen molar-refractivity contribution in [1.29, 1.82) is 0 Å². The van der Waals surface area contributed by atoms with Crippen molar-refractivity contribution in [1.82, 2.24) is 4.57 Å². The van der Waals surface area contributed by atoms with Crippen LogP contribution in [0.15, 0.2) is 261 Å². The van der Waals surface area contributed by atoms with Crippen LogP contribution in [0.1, 0.15) is 74.9 Å². The van der Waals surface area contributed by atoms with Crippen molar-refractivity contribution in [3.05, 3.63) is 294 Å². The molecule has 1 aromatic heterocycles. The molecule has 88 heavy (non-hydrogen) atoms. The second kappa shape index (κ2) is 20.2. The standard InChI is InChI=1S/C82H67BN4O/c1-52-43-76-80-78(44-52)88-77-50-67-65-40-38-63(84(57-23-13-9-14-24-57)58-25-15-10-16-26-58)49-69(65)82(7,8)70(67)51-72(77)83(80)71-41-35-56(81(4,5)6)47-75(71)87(76)61-36-33-55(34-37-61)79-53(2)45-64(46-54(79)3)85(59-27-17-11-18-28-59)62-39-42-74-68(48-62)66-31-21-22-32-73(66)86(74)60-29-19-12-20-30-60/h9-51H,1-8H3/i11D,17D,18D,27D,28D. The average Bonchev–Trinajstić information content (AvgIpc) is 1.71. The summed E-state index contributed by atoms with van der Waals surface area (Å²) in [6.45, 7) is 17.9. The van der Waals surface area contributed by atoms with E-state index in [1.165, 1.54) is 33.3 Å². The third-order valence-corrected chi connectivity index (χ3v) is 18.7. The summed E-state index contributed by atoms with van der Waals surface area (Å²) in [4.78, 5) is 6.63. The Balaban J connectivity index is 0.791. The minimum absolute atomic E-state index is 0.0801. The molecule has 0 unspecified atom stereocenters. The minimum Gasteiger partial charge on any atom is -0.458 e. The van der Waals surface area contributed by atoms with Gasteiger partial charge >= 0.3 is 0 Å². The van der Waals surface area contributed by atoms with E-state index in [9.17, 15) is 2.74 Å². The van der Waals surface area contributed by atoms with Crippen molar-refractivity contribution in [3.63, 3.8) is 0 Å². The molecule has 3 heterocycles. The number of benzene rings is 12. The van der Waals surface area contributed by atoms with Gasteiger partial charge in [0.05, 0.1) is 17.9 Å². The second-order valence-electron chi connectivity index (χ2n) is 25.6. The Kier molecular flexibility index (Phi) is 11.0. The number of hydrogen-bond donors (Lipinski definition) is 0. The molecule has 0 amide bonds. The molecule has 0 atom stereocenters. The lowest BCUT2D eigenvalue weighted by Gasteiger charge is -2.41. The molecule has 0 bridgehead atoms. The largest absolute Gasteiger partial charge is 0.458 e. The van der Waals surface area contributed by atoms with Gasteiger partial charge in [-0.2, -0.15) is 0 Å². The Morgan fingerprint density at radius 2 is 1.09 bits per heavy atom. The number of para-hydroxylation sites is 5. The van der Waals surface area contributed by atoms with Crippen LogP contribution in [0.4, 0.5) is 51.2 Å². The summed E-state index contributed by atoms with van der Waals surface area (Å²) in [6, 6.07) is 80.7. The average molecular weight is 1140 g/mol. The molecule has 13 aromatic rings. The minimum atomic E-state index is -0.436. The highest BCUT2D eigenvalue weighted by atomic mass is 16.5. The lowest BCUT2D eigenvalue weighted by atomic mass is 9.34. The van der Waals surface area contributed by atoms with E-state index in [1.807, 2.05) is 41.3 Å². The monoisotopic (exact) mass is 1140 g/mol. The predicted molar refractivity (Wildman–Crippen MR) is 372 cm³/mol. The van der Waals surface area contributed by atoms with Crippen LogP contribution < -0.4 is 35.8 Å². The van der Waals surface area contributed by atoms with E-state index >= 15 is 0 Å². The first-order valence-electron chi connectivity index (χ1n) is 33.0. The molecule has 0 fully saturated rings. The molecule has 2 aliphatic heterocycles. The Hall–Kier alpha value is -10.3. The summed E-state index contributed by atoms with van der Waals surface area (Å²) in [5, 5.41) is 2.01. The summed E-state index contributed by atoms with van der Waals surface area (Å²) in [5.74, 6) is 1.75. The van der Waals surface area contributed by atoms with Crippen LogP contribution in [0, 0.1) is 20.8 Å². The van der Waals surface area contributed by atoms with Crippen LogP contribution in [0.2, 0.25) is 0 Å². The fourth-order valence-corrected chi connectivity index (χ4v) is 14.6. The fraction of sp³-hybridized carbons (Fsp3) is 0.122. The van der Waals surface area contributed by atoms with E-state index in [-0.39, 0.29) is 35.3 Å². The number of aryl methyl sites for hydroxylation is 3. The Morgan fingerprint density at radius 3 is 1.80 bits per heavy atom. The van der Waals surface area contributed by atoms with Crippen LogP contribution in [0.3, 0.4) is 0 Å². The fourth-order valence-electron chi connectivity index (χ4n) is 14.6. The molecule has 5 nitrogen and oxygen atoms in total. The molecule has 0 radical (unpaired) electrons. The van der Waals surface area contributed by atoms with E-state index < -0.39 is 18.1 Å². The molecule has 3 aliphatic rings. The number of anilines is 9. The number of ether oxygens (including phenoxy) is 1. The SMILES string of the molecule is [2H]c1c([2H])c([2H])c(N(c2cc(C)c(-c3ccc(N4c5cc(C(C)(C)C)ccc5B5c6cc7c(cc6Oc6cc(C)cc4c65)-c4ccc(N(c5ccccc5)c5ccccc5)cc4C7(C)C)cc3)c(C)c2)c2ccc3c(c2)c2ccccc2n3-c2ccccc2)c([2H])c1[2H]. The molecular formula is C82H67BN4O. The van der Waals surface area contributed by atoms with Gasteiger partial charge in [-0.25, -0.2) is 0 Å². The van der Waals surface area contributed by atoms with Crippen LogP contribution in [-0.2, 0) is 10.8 Å². The molecule has 0 spiro atoms. The molecule has 12 aromatic carbocycles. The zero-order chi connectivity index (χ0) is 64.1. The van der Waals surface area contributed by atoms with Crippen LogP contribution in [-0.4, -0.2) is 11.3 Å². The highest BCUT2D eigenvalue weighted by molar-refractivity contribution is 6.99. The summed E-state index contributed by atoms with van der Waals surface area (Å²) in [5.41, 5.74) is 25.5. The normalized spacial score (nSPS) is 14.2. The van der Waals surface area contributed by atoms with E-state index in [0.29, 0.717) is 11.4 Å². The summed E-state index contributed by atoms with van der Waals surface area (Å²) in [7, 11) is 0. The number of nitrogens with zero attached hydrogens (tertiary/aromatic N) is 4. The van der Waals surface area contributed by atoms with Gasteiger partial charge in [0.25, 0.3) is 6.71 Å². The maximum absolute atomic E-state index is 9.37. The zero-order valence-electron chi connectivity index (χ0n) is 55.7. The third kappa shape index (κ3) is 8.44. The maximum Gasteiger partial charge on any atom is 0.256 e. The van der Waals surface area contributed by atoms with Crippen molar-refractivity contribution >= 4 is 96.1 Å². The van der Waals surface area contributed by atoms with Crippen molar-refractivity contribution in [3.8, 4) is 39.4 Å². The summed E-state index contributed by atoms with van der Waals surface area (Å²) < 4.78 is 54.6. The quantitative estimate of drug-likeness (QED) is 0.134. The molecule has 0 saturated carbocycles.